The molecule has 0 aromatic heterocycles. The van der Waals surface area contributed by atoms with Crippen molar-refractivity contribution >= 4 is 29.2 Å². The fourth-order valence-electron chi connectivity index (χ4n) is 5.21. The van der Waals surface area contributed by atoms with E-state index in [0.717, 1.165) is 6.07 Å². The zero-order valence-electron chi connectivity index (χ0n) is 19.0. The number of aliphatic hydroxyl groups excluding tert-OH is 1. The monoisotopic (exact) mass is 510 g/mol. The van der Waals surface area contributed by atoms with Crippen molar-refractivity contribution in [2.75, 3.05) is 13.2 Å². The molecule has 0 spiro atoms. The average molecular weight is 511 g/mol. The van der Waals surface area contributed by atoms with E-state index < -0.39 is 53.0 Å². The van der Waals surface area contributed by atoms with Crippen molar-refractivity contribution in [2.45, 2.75) is 50.6 Å². The van der Waals surface area contributed by atoms with Crippen molar-refractivity contribution in [1.29, 1.82) is 5.26 Å². The van der Waals surface area contributed by atoms with Crippen LogP contribution in [0.1, 0.15) is 44.2 Å². The number of carbonyl (C=O) groups is 1. The molecule has 2 aromatic rings. The highest BCUT2D eigenvalue weighted by Crippen LogP contribution is 2.56. The first-order valence-corrected chi connectivity index (χ1v) is 11.5. The summed E-state index contributed by atoms with van der Waals surface area (Å²) in [5.74, 6) is -4.31. The van der Waals surface area contributed by atoms with E-state index in [1.54, 1.807) is 0 Å². The van der Waals surface area contributed by atoms with Gasteiger partial charge in [-0.1, -0.05) is 62.2 Å². The first-order chi connectivity index (χ1) is 15.9. The molecule has 1 saturated heterocycles. The SMILES string of the molecule is CC(C)(C)CC1N(CCO)C(C(=O)O)C(c2cccc(Cl)c2F)C1(C#N)c1ccc(Cl)cc1F. The number of carboxylic acid groups (broad SMARTS) is 1. The van der Waals surface area contributed by atoms with Crippen molar-refractivity contribution < 1.29 is 23.8 Å². The quantitative estimate of drug-likeness (QED) is 0.544. The van der Waals surface area contributed by atoms with Gasteiger partial charge in [0.05, 0.1) is 17.7 Å². The van der Waals surface area contributed by atoms with Gasteiger partial charge in [-0.25, -0.2) is 8.78 Å². The second-order valence-corrected chi connectivity index (χ2v) is 10.6. The van der Waals surface area contributed by atoms with Crippen molar-refractivity contribution in [2.24, 2.45) is 5.41 Å². The maximum atomic E-state index is 15.5. The smallest absolute Gasteiger partial charge is 0.321 e. The fourth-order valence-corrected chi connectivity index (χ4v) is 5.55. The van der Waals surface area contributed by atoms with E-state index in [0.29, 0.717) is 0 Å². The molecule has 0 amide bonds. The largest absolute Gasteiger partial charge is 0.480 e. The summed E-state index contributed by atoms with van der Waals surface area (Å²) >= 11 is 12.0. The number of aliphatic carboxylic acids is 1. The van der Waals surface area contributed by atoms with Crippen LogP contribution in [-0.4, -0.2) is 46.3 Å². The first-order valence-electron chi connectivity index (χ1n) is 10.8. The second-order valence-electron chi connectivity index (χ2n) is 9.75. The molecule has 182 valence electrons. The molecule has 9 heteroatoms. The highest BCUT2D eigenvalue weighted by atomic mass is 35.5. The Morgan fingerprint density at radius 3 is 2.44 bits per heavy atom. The second kappa shape index (κ2) is 9.79. The van der Waals surface area contributed by atoms with Gasteiger partial charge in [0.25, 0.3) is 0 Å². The van der Waals surface area contributed by atoms with E-state index >= 15 is 8.78 Å². The molecule has 4 unspecified atom stereocenters. The lowest BCUT2D eigenvalue weighted by Gasteiger charge is -2.39. The van der Waals surface area contributed by atoms with Crippen LogP contribution in [-0.2, 0) is 10.2 Å². The summed E-state index contributed by atoms with van der Waals surface area (Å²) in [6, 6.07) is 7.91. The van der Waals surface area contributed by atoms with Crippen molar-refractivity contribution in [3.05, 3.63) is 69.2 Å². The van der Waals surface area contributed by atoms with Gasteiger partial charge < -0.3 is 10.2 Å². The summed E-state index contributed by atoms with van der Waals surface area (Å²) in [6.07, 6.45) is 0.269. The molecule has 0 aliphatic carbocycles. The lowest BCUT2D eigenvalue weighted by atomic mass is 9.62. The van der Waals surface area contributed by atoms with Gasteiger partial charge in [0, 0.05) is 29.1 Å². The Hall–Kier alpha value is -2.24. The summed E-state index contributed by atoms with van der Waals surface area (Å²) in [5.41, 5.74) is -2.43. The fraction of sp³-hybridized carbons (Fsp3) is 0.440. The zero-order chi connectivity index (χ0) is 25.4. The topological polar surface area (TPSA) is 84.6 Å². The van der Waals surface area contributed by atoms with Crippen molar-refractivity contribution in [1.82, 2.24) is 4.90 Å². The summed E-state index contributed by atoms with van der Waals surface area (Å²) in [6.45, 7) is 5.23. The number of rotatable bonds is 6. The Morgan fingerprint density at radius 2 is 1.91 bits per heavy atom. The molecule has 2 N–H and O–H groups in total. The molecule has 1 aliphatic rings. The predicted octanol–water partition coefficient (Wildman–Crippen LogP) is 5.38. The summed E-state index contributed by atoms with van der Waals surface area (Å²) < 4.78 is 30.9. The number of nitrogens with zero attached hydrogens (tertiary/aromatic N) is 2. The molecule has 1 fully saturated rings. The van der Waals surface area contributed by atoms with Gasteiger partial charge in [-0.2, -0.15) is 5.26 Å². The van der Waals surface area contributed by atoms with Crippen LogP contribution in [0, 0.1) is 28.4 Å². The lowest BCUT2D eigenvalue weighted by Crippen LogP contribution is -2.48. The van der Waals surface area contributed by atoms with Gasteiger partial charge in [-0.15, -0.1) is 0 Å². The molecule has 5 nitrogen and oxygen atoms in total. The third-order valence-corrected chi connectivity index (χ3v) is 6.91. The van der Waals surface area contributed by atoms with Crippen LogP contribution in [0.2, 0.25) is 10.0 Å². The number of benzene rings is 2. The van der Waals surface area contributed by atoms with E-state index in [9.17, 15) is 20.3 Å². The van der Waals surface area contributed by atoms with E-state index in [-0.39, 0.29) is 34.1 Å². The maximum absolute atomic E-state index is 15.5. The van der Waals surface area contributed by atoms with E-state index in [1.165, 1.54) is 35.2 Å². The molecular weight excluding hydrogens is 485 g/mol. The molecule has 1 heterocycles. The number of hydrogen-bond acceptors (Lipinski definition) is 4. The van der Waals surface area contributed by atoms with Gasteiger partial charge in [0.15, 0.2) is 0 Å². The number of likely N-dealkylation sites (tertiary alicyclic amines) is 1. The number of aliphatic hydroxyl groups is 1. The molecule has 0 saturated carbocycles. The van der Waals surface area contributed by atoms with E-state index in [1.807, 2.05) is 20.8 Å². The van der Waals surface area contributed by atoms with E-state index in [2.05, 4.69) is 6.07 Å². The molecule has 2 aromatic carbocycles. The Labute approximate surface area is 207 Å². The van der Waals surface area contributed by atoms with Crippen molar-refractivity contribution in [3.8, 4) is 6.07 Å². The van der Waals surface area contributed by atoms with Crippen LogP contribution in [0.15, 0.2) is 36.4 Å². The molecule has 3 rings (SSSR count). The molecule has 1 aliphatic heterocycles. The Kier molecular flexibility index (Phi) is 7.59. The van der Waals surface area contributed by atoms with Gasteiger partial charge in [-0.3, -0.25) is 9.69 Å². The minimum absolute atomic E-state index is 0.0790. The first kappa shape index (κ1) is 26.4. The summed E-state index contributed by atoms with van der Waals surface area (Å²) in [5, 5.41) is 30.7. The van der Waals surface area contributed by atoms with Gasteiger partial charge in [0.2, 0.25) is 0 Å². The Balaban J connectivity index is 2.47. The lowest BCUT2D eigenvalue weighted by molar-refractivity contribution is -0.143. The summed E-state index contributed by atoms with van der Waals surface area (Å²) in [7, 11) is 0. The van der Waals surface area contributed by atoms with Crippen LogP contribution >= 0.6 is 23.2 Å². The third-order valence-electron chi connectivity index (χ3n) is 6.38. The van der Waals surface area contributed by atoms with Crippen LogP contribution < -0.4 is 0 Å². The number of nitriles is 1. The maximum Gasteiger partial charge on any atom is 0.321 e. The molecule has 4 atom stereocenters. The van der Waals surface area contributed by atoms with Gasteiger partial charge in [0.1, 0.15) is 23.1 Å². The predicted molar refractivity (Wildman–Crippen MR) is 126 cm³/mol. The zero-order valence-corrected chi connectivity index (χ0v) is 20.5. The number of β-amino-alcohol motifs (C(OH)–C–C–N with tert-alkyl or cyclic N) is 1. The Bertz CT molecular complexity index is 1130. The van der Waals surface area contributed by atoms with Crippen LogP contribution in [0.4, 0.5) is 8.78 Å². The minimum Gasteiger partial charge on any atom is -0.480 e. The average Bonchev–Trinajstić information content (AvgIpc) is 2.99. The highest BCUT2D eigenvalue weighted by molar-refractivity contribution is 6.31. The van der Waals surface area contributed by atoms with Crippen molar-refractivity contribution in [3.63, 3.8) is 0 Å². The molecule has 0 radical (unpaired) electrons. The molecular formula is C25H26Cl2F2N2O3. The normalized spacial score (nSPS) is 25.3. The number of hydrogen-bond donors (Lipinski definition) is 2. The van der Waals surface area contributed by atoms with E-state index in [4.69, 9.17) is 23.2 Å². The van der Waals surface area contributed by atoms with Crippen LogP contribution in [0.5, 0.6) is 0 Å². The van der Waals surface area contributed by atoms with Gasteiger partial charge >= 0.3 is 5.97 Å². The summed E-state index contributed by atoms with van der Waals surface area (Å²) in [4.78, 5) is 14.1. The Morgan fingerprint density at radius 1 is 1.24 bits per heavy atom. The number of halogens is 4. The number of carboxylic acids is 1. The van der Waals surface area contributed by atoms with Crippen LogP contribution in [0.25, 0.3) is 0 Å². The highest BCUT2D eigenvalue weighted by Gasteiger charge is 2.64. The van der Waals surface area contributed by atoms with Gasteiger partial charge in [-0.05, 0) is 35.6 Å². The molecule has 34 heavy (non-hydrogen) atoms. The van der Waals surface area contributed by atoms with Crippen LogP contribution in [0.3, 0.4) is 0 Å². The standard InChI is InChI=1S/C25H26Cl2F2N2O3/c1-24(2,3)12-19-25(13-30,16-8-7-14(26)11-18(16)28)20(15-5-4-6-17(27)21(15)29)22(23(33)34)31(19)9-10-32/h4-8,11,19-20,22,32H,9-10,12H2,1-3H3,(H,33,34). The molecule has 0 bridgehead atoms. The minimum atomic E-state index is -1.83. The third kappa shape index (κ3) is 4.52.